The molecule has 0 saturated carbocycles. The first kappa shape index (κ1) is 19.2. The molecule has 0 spiro atoms. The molecule has 0 aliphatic rings. The lowest BCUT2D eigenvalue weighted by Gasteiger charge is -2.20. The maximum atomic E-state index is 12.4. The monoisotopic (exact) mass is 385 g/mol. The molecule has 0 unspecified atom stereocenters. The van der Waals surface area contributed by atoms with Gasteiger partial charge in [-0.2, -0.15) is 5.10 Å². The number of hydrogen-bond donors (Lipinski definition) is 2. The van der Waals surface area contributed by atoms with Crippen molar-refractivity contribution in [1.82, 2.24) is 25.1 Å². The van der Waals surface area contributed by atoms with Gasteiger partial charge in [-0.1, -0.05) is 23.9 Å². The number of benzene rings is 1. The lowest BCUT2D eigenvalue weighted by Crippen LogP contribution is -2.41. The van der Waals surface area contributed by atoms with Gasteiger partial charge >= 0.3 is 0 Å². The summed E-state index contributed by atoms with van der Waals surface area (Å²) >= 11 is 1.19. The van der Waals surface area contributed by atoms with Crippen molar-refractivity contribution in [3.8, 4) is 5.69 Å². The van der Waals surface area contributed by atoms with Crippen molar-refractivity contribution in [2.45, 2.75) is 45.3 Å². The van der Waals surface area contributed by atoms with E-state index in [-0.39, 0.29) is 22.8 Å². The summed E-state index contributed by atoms with van der Waals surface area (Å²) < 4.78 is 1.67. The van der Waals surface area contributed by atoms with Crippen LogP contribution in [-0.4, -0.2) is 36.9 Å². The van der Waals surface area contributed by atoms with E-state index in [9.17, 15) is 9.59 Å². The van der Waals surface area contributed by atoms with Gasteiger partial charge in [0.25, 0.3) is 5.56 Å². The van der Waals surface area contributed by atoms with Crippen LogP contribution in [0.15, 0.2) is 34.3 Å². The maximum Gasteiger partial charge on any atom is 0.262 e. The zero-order valence-corrected chi connectivity index (χ0v) is 16.9. The Morgan fingerprint density at radius 2 is 2.04 bits per heavy atom. The minimum absolute atomic E-state index is 0.113. The fourth-order valence-corrected chi connectivity index (χ4v) is 3.35. The van der Waals surface area contributed by atoms with E-state index in [1.165, 1.54) is 18.0 Å². The molecule has 1 aromatic carbocycles. The molecule has 3 rings (SSSR count). The van der Waals surface area contributed by atoms with E-state index in [0.717, 1.165) is 16.8 Å². The number of amides is 1. The van der Waals surface area contributed by atoms with Crippen molar-refractivity contribution < 1.29 is 4.79 Å². The number of aromatic nitrogens is 4. The molecule has 2 N–H and O–H groups in total. The normalized spacial score (nSPS) is 11.7. The smallest absolute Gasteiger partial charge is 0.262 e. The number of carbonyl (C=O) groups excluding carboxylic acids is 1. The van der Waals surface area contributed by atoms with E-state index in [0.29, 0.717) is 16.2 Å². The quantitative estimate of drug-likeness (QED) is 0.532. The molecule has 8 heteroatoms. The van der Waals surface area contributed by atoms with Gasteiger partial charge in [-0.3, -0.25) is 9.59 Å². The van der Waals surface area contributed by atoms with Crippen molar-refractivity contribution in [2.24, 2.45) is 0 Å². The Balaban J connectivity index is 1.95. The van der Waals surface area contributed by atoms with Crippen molar-refractivity contribution in [1.29, 1.82) is 0 Å². The number of thioether (sulfide) groups is 1. The maximum absolute atomic E-state index is 12.4. The number of hydrogen-bond acceptors (Lipinski definition) is 5. The molecular formula is C19H23N5O2S. The topological polar surface area (TPSA) is 92.7 Å². The van der Waals surface area contributed by atoms with Crippen LogP contribution in [0.2, 0.25) is 0 Å². The van der Waals surface area contributed by atoms with Crippen LogP contribution in [-0.2, 0) is 4.79 Å². The summed E-state index contributed by atoms with van der Waals surface area (Å²) in [4.78, 5) is 31.7. The van der Waals surface area contributed by atoms with Crippen LogP contribution in [0.1, 0.15) is 31.9 Å². The molecular weight excluding hydrogens is 362 g/mol. The number of carbonyl (C=O) groups is 1. The lowest BCUT2D eigenvalue weighted by atomic mass is 10.1. The van der Waals surface area contributed by atoms with Crippen molar-refractivity contribution in [2.75, 3.05) is 5.75 Å². The minimum Gasteiger partial charge on any atom is -0.351 e. The summed E-state index contributed by atoms with van der Waals surface area (Å²) in [6.45, 7) is 9.80. The molecule has 3 aromatic rings. The van der Waals surface area contributed by atoms with Crippen LogP contribution < -0.4 is 10.9 Å². The minimum atomic E-state index is -0.302. The molecule has 0 aliphatic heterocycles. The van der Waals surface area contributed by atoms with Crippen LogP contribution in [0.4, 0.5) is 0 Å². The Labute approximate surface area is 161 Å². The van der Waals surface area contributed by atoms with Gasteiger partial charge in [-0.25, -0.2) is 9.67 Å². The molecule has 0 bridgehead atoms. The Kier molecular flexibility index (Phi) is 5.10. The van der Waals surface area contributed by atoms with Gasteiger partial charge in [-0.05, 0) is 51.8 Å². The van der Waals surface area contributed by atoms with Crippen molar-refractivity contribution in [3.05, 3.63) is 45.9 Å². The number of nitrogens with zero attached hydrogens (tertiary/aromatic N) is 3. The summed E-state index contributed by atoms with van der Waals surface area (Å²) in [6.07, 6.45) is 1.52. The molecule has 0 aliphatic carbocycles. The largest absolute Gasteiger partial charge is 0.351 e. The first-order valence-electron chi connectivity index (χ1n) is 8.64. The molecule has 7 nitrogen and oxygen atoms in total. The van der Waals surface area contributed by atoms with Gasteiger partial charge in [0.1, 0.15) is 5.39 Å². The Hall–Kier alpha value is -2.61. The van der Waals surface area contributed by atoms with Gasteiger partial charge in [0.05, 0.1) is 17.6 Å². The summed E-state index contributed by atoms with van der Waals surface area (Å²) in [5.41, 5.74) is 2.99. The van der Waals surface area contributed by atoms with E-state index < -0.39 is 0 Å². The summed E-state index contributed by atoms with van der Waals surface area (Å²) in [7, 11) is 0. The molecule has 2 heterocycles. The molecule has 0 fully saturated rings. The standard InChI is InChI=1S/C19H23N5O2S/c1-11-7-6-8-14(12(11)2)24-16-13(9-20-24)17(26)22-18(21-16)27-10-15(25)23-19(3,4)5/h6-9H,10H2,1-5H3,(H,23,25)(H,21,22,26). The molecule has 27 heavy (non-hydrogen) atoms. The molecule has 0 saturated heterocycles. The number of rotatable bonds is 4. The summed E-state index contributed by atoms with van der Waals surface area (Å²) in [5.74, 6) is 0.0573. The van der Waals surface area contributed by atoms with Gasteiger partial charge in [0.2, 0.25) is 5.91 Å². The fraction of sp³-hybridized carbons (Fsp3) is 0.368. The summed E-state index contributed by atoms with van der Waals surface area (Å²) in [5, 5.41) is 8.06. The highest BCUT2D eigenvalue weighted by Gasteiger charge is 2.16. The number of fused-ring (bicyclic) bond motifs is 1. The Bertz CT molecular complexity index is 1060. The van der Waals surface area contributed by atoms with Crippen LogP contribution in [0.3, 0.4) is 0 Å². The van der Waals surface area contributed by atoms with Crippen LogP contribution >= 0.6 is 11.8 Å². The second-order valence-electron chi connectivity index (χ2n) is 7.47. The van der Waals surface area contributed by atoms with Gasteiger partial charge in [0, 0.05) is 5.54 Å². The molecule has 0 atom stereocenters. The third-order valence-electron chi connectivity index (χ3n) is 4.07. The second kappa shape index (κ2) is 7.19. The van der Waals surface area contributed by atoms with E-state index in [2.05, 4.69) is 20.4 Å². The lowest BCUT2D eigenvalue weighted by molar-refractivity contribution is -0.119. The number of aromatic amines is 1. The fourth-order valence-electron chi connectivity index (χ4n) is 2.70. The number of aryl methyl sites for hydroxylation is 1. The third-order valence-corrected chi connectivity index (χ3v) is 4.95. The average molecular weight is 385 g/mol. The first-order chi connectivity index (χ1) is 12.7. The molecule has 1 amide bonds. The Morgan fingerprint density at radius 3 is 2.74 bits per heavy atom. The average Bonchev–Trinajstić information content (AvgIpc) is 2.98. The summed E-state index contributed by atoms with van der Waals surface area (Å²) in [6, 6.07) is 5.92. The van der Waals surface area contributed by atoms with Gasteiger partial charge in [0.15, 0.2) is 10.8 Å². The predicted molar refractivity (Wildman–Crippen MR) is 108 cm³/mol. The number of H-pyrrole nitrogens is 1. The van der Waals surface area contributed by atoms with Gasteiger partial charge in [-0.15, -0.1) is 0 Å². The molecule has 142 valence electrons. The number of nitrogens with one attached hydrogen (secondary N) is 2. The predicted octanol–water partition coefficient (Wildman–Crippen LogP) is 2.73. The van der Waals surface area contributed by atoms with E-state index in [1.54, 1.807) is 4.68 Å². The zero-order valence-electron chi connectivity index (χ0n) is 16.1. The molecule has 2 aromatic heterocycles. The van der Waals surface area contributed by atoms with Crippen LogP contribution in [0, 0.1) is 13.8 Å². The highest BCUT2D eigenvalue weighted by Crippen LogP contribution is 2.21. The highest BCUT2D eigenvalue weighted by atomic mass is 32.2. The molecule has 0 radical (unpaired) electrons. The van der Waals surface area contributed by atoms with E-state index in [1.807, 2.05) is 52.8 Å². The van der Waals surface area contributed by atoms with Crippen LogP contribution in [0.5, 0.6) is 0 Å². The first-order valence-corrected chi connectivity index (χ1v) is 9.63. The van der Waals surface area contributed by atoms with Crippen LogP contribution in [0.25, 0.3) is 16.7 Å². The van der Waals surface area contributed by atoms with E-state index >= 15 is 0 Å². The van der Waals surface area contributed by atoms with E-state index in [4.69, 9.17) is 0 Å². The van der Waals surface area contributed by atoms with Crippen molar-refractivity contribution >= 4 is 28.7 Å². The second-order valence-corrected chi connectivity index (χ2v) is 8.43. The van der Waals surface area contributed by atoms with Gasteiger partial charge < -0.3 is 10.3 Å². The third kappa shape index (κ3) is 4.21. The zero-order chi connectivity index (χ0) is 19.8. The van der Waals surface area contributed by atoms with Crippen molar-refractivity contribution in [3.63, 3.8) is 0 Å². The SMILES string of the molecule is Cc1cccc(-n2ncc3c(=O)[nH]c(SCC(=O)NC(C)(C)C)nc32)c1C. The Morgan fingerprint density at radius 1 is 1.30 bits per heavy atom. The highest BCUT2D eigenvalue weighted by molar-refractivity contribution is 7.99.